The van der Waals surface area contributed by atoms with Gasteiger partial charge in [-0.3, -0.25) is 5.32 Å². The van der Waals surface area contributed by atoms with Crippen LogP contribution in [-0.4, -0.2) is 28.8 Å². The molecule has 1 unspecified atom stereocenters. The van der Waals surface area contributed by atoms with Crippen LogP contribution in [-0.2, 0) is 6.42 Å². The molecule has 6 heteroatoms. The van der Waals surface area contributed by atoms with Crippen LogP contribution in [0.25, 0.3) is 0 Å². The molecule has 0 saturated heterocycles. The van der Waals surface area contributed by atoms with Crippen LogP contribution in [0.4, 0.5) is 9.93 Å². The molecule has 0 fully saturated rings. The molecular formula is C14H25N3O2S. The summed E-state index contributed by atoms with van der Waals surface area (Å²) in [5, 5.41) is 16.9. The predicted octanol–water partition coefficient (Wildman–Crippen LogP) is 3.01. The highest BCUT2D eigenvalue weighted by Gasteiger charge is 2.15. The number of aliphatic hydroxyl groups excluding tert-OH is 1. The topological polar surface area (TPSA) is 74.2 Å². The maximum Gasteiger partial charge on any atom is 0.321 e. The largest absolute Gasteiger partial charge is 0.396 e. The molecular weight excluding hydrogens is 274 g/mol. The van der Waals surface area contributed by atoms with E-state index in [-0.39, 0.29) is 24.1 Å². The summed E-state index contributed by atoms with van der Waals surface area (Å²) in [5.74, 6) is 0. The smallest absolute Gasteiger partial charge is 0.321 e. The summed E-state index contributed by atoms with van der Waals surface area (Å²) in [7, 11) is 0. The molecule has 0 aliphatic carbocycles. The van der Waals surface area contributed by atoms with Crippen molar-refractivity contribution in [2.75, 3.05) is 11.9 Å². The van der Waals surface area contributed by atoms with E-state index >= 15 is 0 Å². The van der Waals surface area contributed by atoms with Gasteiger partial charge in [-0.15, -0.1) is 11.3 Å². The minimum atomic E-state index is -0.243. The van der Waals surface area contributed by atoms with Crippen molar-refractivity contribution in [2.45, 2.75) is 53.0 Å². The van der Waals surface area contributed by atoms with Crippen LogP contribution in [0, 0.1) is 5.41 Å². The van der Waals surface area contributed by atoms with E-state index in [1.54, 1.807) is 0 Å². The third kappa shape index (κ3) is 6.86. The summed E-state index contributed by atoms with van der Waals surface area (Å²) < 4.78 is 0. The van der Waals surface area contributed by atoms with Crippen molar-refractivity contribution >= 4 is 22.5 Å². The molecule has 0 spiro atoms. The number of nitrogens with zero attached hydrogens (tertiary/aromatic N) is 1. The minimum Gasteiger partial charge on any atom is -0.396 e. The van der Waals surface area contributed by atoms with Gasteiger partial charge in [0.2, 0.25) is 0 Å². The predicted molar refractivity (Wildman–Crippen MR) is 83.2 cm³/mol. The third-order valence-corrected chi connectivity index (χ3v) is 3.46. The van der Waals surface area contributed by atoms with E-state index in [4.69, 9.17) is 5.11 Å². The molecule has 1 atom stereocenters. The number of hydrogen-bond donors (Lipinski definition) is 3. The lowest BCUT2D eigenvalue weighted by atomic mass is 9.91. The van der Waals surface area contributed by atoms with Crippen molar-refractivity contribution in [3.63, 3.8) is 0 Å². The Labute approximate surface area is 124 Å². The summed E-state index contributed by atoms with van der Waals surface area (Å²) in [6.07, 6.45) is 2.34. The van der Waals surface area contributed by atoms with Gasteiger partial charge >= 0.3 is 6.03 Å². The van der Waals surface area contributed by atoms with E-state index in [9.17, 15) is 4.79 Å². The second-order valence-electron chi connectivity index (χ2n) is 6.25. The first-order chi connectivity index (χ1) is 9.30. The number of amides is 2. The van der Waals surface area contributed by atoms with E-state index in [2.05, 4.69) is 36.4 Å². The number of carbonyl (C=O) groups is 1. The van der Waals surface area contributed by atoms with Crippen LogP contribution in [0.5, 0.6) is 0 Å². The zero-order chi connectivity index (χ0) is 15.2. The van der Waals surface area contributed by atoms with E-state index in [1.807, 2.05) is 12.3 Å². The molecule has 3 N–H and O–H groups in total. The van der Waals surface area contributed by atoms with Crippen molar-refractivity contribution in [2.24, 2.45) is 5.41 Å². The zero-order valence-electron chi connectivity index (χ0n) is 12.7. The van der Waals surface area contributed by atoms with Gasteiger partial charge in [-0.25, -0.2) is 9.78 Å². The summed E-state index contributed by atoms with van der Waals surface area (Å²) in [6.45, 7) is 8.55. The highest BCUT2D eigenvalue weighted by Crippen LogP contribution is 2.23. The lowest BCUT2D eigenvalue weighted by molar-refractivity contribution is 0.245. The summed E-state index contributed by atoms with van der Waals surface area (Å²) >= 11 is 1.44. The average molecular weight is 299 g/mol. The Bertz CT molecular complexity index is 426. The highest BCUT2D eigenvalue weighted by molar-refractivity contribution is 7.13. The van der Waals surface area contributed by atoms with Crippen LogP contribution in [0.3, 0.4) is 0 Å². The minimum absolute atomic E-state index is 0.0381. The Hall–Kier alpha value is -1.14. The molecule has 0 aliphatic heterocycles. The van der Waals surface area contributed by atoms with Crippen LogP contribution < -0.4 is 10.6 Å². The number of rotatable bonds is 6. The first-order valence-electron chi connectivity index (χ1n) is 6.93. The van der Waals surface area contributed by atoms with Crippen molar-refractivity contribution in [3.05, 3.63) is 11.1 Å². The molecule has 1 heterocycles. The van der Waals surface area contributed by atoms with E-state index in [0.29, 0.717) is 11.6 Å². The quantitative estimate of drug-likeness (QED) is 0.756. The molecule has 1 rings (SSSR count). The fourth-order valence-corrected chi connectivity index (χ4v) is 2.52. The van der Waals surface area contributed by atoms with Gasteiger partial charge in [-0.05, 0) is 31.6 Å². The third-order valence-electron chi connectivity index (χ3n) is 2.66. The lowest BCUT2D eigenvalue weighted by Gasteiger charge is -2.15. The fraction of sp³-hybridized carbons (Fsp3) is 0.714. The standard InChI is InChI=1S/C14H25N3O2S/c1-10(6-5-7-18)15-12(19)17-13-16-11(9-20-13)8-14(2,3)4/h9-10,18H,5-8H2,1-4H3,(H2,15,16,17,19). The molecule has 1 aromatic heterocycles. The number of thiazole rings is 1. The van der Waals surface area contributed by atoms with E-state index in [0.717, 1.165) is 18.5 Å². The van der Waals surface area contributed by atoms with Crippen LogP contribution >= 0.6 is 11.3 Å². The summed E-state index contributed by atoms with van der Waals surface area (Å²) in [6, 6.07) is -0.205. The van der Waals surface area contributed by atoms with Crippen molar-refractivity contribution in [3.8, 4) is 0 Å². The second kappa shape index (κ2) is 7.59. The number of urea groups is 1. The number of nitrogens with one attached hydrogen (secondary N) is 2. The van der Waals surface area contributed by atoms with Crippen molar-refractivity contribution < 1.29 is 9.90 Å². The fourth-order valence-electron chi connectivity index (χ4n) is 1.82. The molecule has 0 bridgehead atoms. The normalized spacial score (nSPS) is 13.1. The van der Waals surface area contributed by atoms with E-state index < -0.39 is 0 Å². The number of aliphatic hydroxyl groups is 1. The van der Waals surface area contributed by atoms with E-state index in [1.165, 1.54) is 11.3 Å². The Kier molecular flexibility index (Phi) is 6.42. The van der Waals surface area contributed by atoms with Gasteiger partial charge in [-0.1, -0.05) is 20.8 Å². The molecule has 5 nitrogen and oxygen atoms in total. The highest BCUT2D eigenvalue weighted by atomic mass is 32.1. The lowest BCUT2D eigenvalue weighted by Crippen LogP contribution is -2.36. The van der Waals surface area contributed by atoms with Gasteiger partial charge in [-0.2, -0.15) is 0 Å². The Morgan fingerprint density at radius 1 is 1.50 bits per heavy atom. The number of hydrogen-bond acceptors (Lipinski definition) is 4. The first-order valence-corrected chi connectivity index (χ1v) is 7.81. The van der Waals surface area contributed by atoms with Crippen molar-refractivity contribution in [1.82, 2.24) is 10.3 Å². The van der Waals surface area contributed by atoms with Crippen LogP contribution in [0.1, 0.15) is 46.2 Å². The number of carbonyl (C=O) groups excluding carboxylic acids is 1. The molecule has 2 amide bonds. The SMILES string of the molecule is CC(CCCO)NC(=O)Nc1nc(CC(C)(C)C)cs1. The summed E-state index contributed by atoms with van der Waals surface area (Å²) in [4.78, 5) is 16.2. The molecule has 1 aromatic rings. The average Bonchev–Trinajstić information content (AvgIpc) is 2.70. The molecule has 20 heavy (non-hydrogen) atoms. The molecule has 0 aromatic carbocycles. The number of aromatic nitrogens is 1. The summed E-state index contributed by atoms with van der Waals surface area (Å²) in [5.41, 5.74) is 1.19. The maximum atomic E-state index is 11.8. The second-order valence-corrected chi connectivity index (χ2v) is 7.10. The first kappa shape index (κ1) is 16.9. The monoisotopic (exact) mass is 299 g/mol. The van der Waals surface area contributed by atoms with Gasteiger partial charge in [0, 0.05) is 18.0 Å². The molecule has 0 radical (unpaired) electrons. The van der Waals surface area contributed by atoms with Crippen LogP contribution in [0.15, 0.2) is 5.38 Å². The Balaban J connectivity index is 2.42. The van der Waals surface area contributed by atoms with Gasteiger partial charge < -0.3 is 10.4 Å². The Morgan fingerprint density at radius 2 is 2.20 bits per heavy atom. The zero-order valence-corrected chi connectivity index (χ0v) is 13.5. The van der Waals surface area contributed by atoms with Crippen LogP contribution in [0.2, 0.25) is 0 Å². The van der Waals surface area contributed by atoms with Gasteiger partial charge in [0.15, 0.2) is 5.13 Å². The van der Waals surface area contributed by atoms with Gasteiger partial charge in [0.1, 0.15) is 0 Å². The van der Waals surface area contributed by atoms with Gasteiger partial charge in [0.05, 0.1) is 5.69 Å². The molecule has 0 saturated carbocycles. The maximum absolute atomic E-state index is 11.8. The number of anilines is 1. The Morgan fingerprint density at radius 3 is 2.80 bits per heavy atom. The molecule has 0 aliphatic rings. The molecule has 114 valence electrons. The van der Waals surface area contributed by atoms with Crippen molar-refractivity contribution in [1.29, 1.82) is 0 Å². The van der Waals surface area contributed by atoms with Gasteiger partial charge in [0.25, 0.3) is 0 Å².